The maximum absolute atomic E-state index is 11.9. The van der Waals surface area contributed by atoms with Crippen LogP contribution in [0, 0.1) is 28.1 Å². The number of hydrogen-bond donors (Lipinski definition) is 4. The third-order valence-electron chi connectivity index (χ3n) is 20.9. The minimum atomic E-state index is -1.43. The second-order valence-corrected chi connectivity index (χ2v) is 36.6. The van der Waals surface area contributed by atoms with E-state index in [2.05, 4.69) is 215 Å². The van der Waals surface area contributed by atoms with Crippen LogP contribution >= 0.6 is 31.9 Å². The maximum atomic E-state index is 11.9. The second kappa shape index (κ2) is 62.7. The van der Waals surface area contributed by atoms with Gasteiger partial charge >= 0.3 is 30.0 Å². The first-order chi connectivity index (χ1) is 72.5. The molecule has 15 aromatic carbocycles. The van der Waals surface area contributed by atoms with Gasteiger partial charge in [0.25, 0.3) is 0 Å². The van der Waals surface area contributed by atoms with Crippen molar-refractivity contribution in [2.45, 2.75) is 72.8 Å². The number of nitrogens with zero attached hydrogens (tertiary/aromatic N) is 5. The molecule has 0 radical (unpaired) electrons. The Morgan fingerprint density at radius 3 is 1.01 bits per heavy atom. The number of aliphatic carboxylic acids is 2. The van der Waals surface area contributed by atoms with E-state index in [9.17, 15) is 38.7 Å². The number of nitrogens with one attached hydrogen (secondary N) is 1. The molecule has 0 aliphatic rings. The topological polar surface area (TPSA) is 305 Å². The average molecular weight is 2130 g/mol. The highest BCUT2D eigenvalue weighted by Gasteiger charge is 2.21. The Hall–Kier alpha value is -18.0. The molecule has 0 heterocycles. The fraction of sp³-hybridized carbons (Fsp3) is 0.135. The highest BCUT2D eigenvalue weighted by atomic mass is 79.9. The molecule has 0 unspecified atom stereocenters. The van der Waals surface area contributed by atoms with Crippen molar-refractivity contribution in [1.82, 2.24) is 0 Å². The van der Waals surface area contributed by atoms with E-state index in [0.717, 1.165) is 117 Å². The lowest BCUT2D eigenvalue weighted by molar-refractivity contribution is -0.155. The summed E-state index contributed by atoms with van der Waals surface area (Å²) in [7, 11) is 0. The molecule has 0 amide bonds. The minimum absolute atomic E-state index is 0.0872. The summed E-state index contributed by atoms with van der Waals surface area (Å²) in [5.74, 6) is -1.68. The number of benzene rings is 15. The van der Waals surface area contributed by atoms with Crippen LogP contribution in [0.1, 0.15) is 127 Å². The third-order valence-corrected chi connectivity index (χ3v) is 21.9. The van der Waals surface area contributed by atoms with Gasteiger partial charge in [-0.05, 0) is 254 Å². The lowest BCUT2D eigenvalue weighted by Crippen LogP contribution is -2.24. The summed E-state index contributed by atoms with van der Waals surface area (Å²) in [5.41, 5.74) is 18.2. The van der Waals surface area contributed by atoms with Crippen molar-refractivity contribution >= 4 is 180 Å². The molecule has 15 aromatic rings. The Bertz CT molecular complexity index is 6800. The van der Waals surface area contributed by atoms with Gasteiger partial charge < -0.3 is 63.8 Å². The van der Waals surface area contributed by atoms with Gasteiger partial charge in [0.05, 0.1) is 30.2 Å². The Labute approximate surface area is 893 Å². The fourth-order valence-electron chi connectivity index (χ4n) is 14.0. The Balaban J connectivity index is 0.000000210. The van der Waals surface area contributed by atoms with Crippen LogP contribution < -0.4 is 34.2 Å². The van der Waals surface area contributed by atoms with E-state index >= 15 is 0 Å². The molecule has 150 heavy (non-hydrogen) atoms. The number of rotatable bonds is 36. The van der Waals surface area contributed by atoms with Gasteiger partial charge in [0.1, 0.15) is 67.3 Å². The molecule has 0 saturated heterocycles. The van der Waals surface area contributed by atoms with E-state index in [1.807, 2.05) is 284 Å². The Morgan fingerprint density at radius 2 is 0.680 bits per heavy atom. The van der Waals surface area contributed by atoms with Gasteiger partial charge in [-0.2, -0.15) is 10.5 Å². The molecule has 0 aliphatic carbocycles. The van der Waals surface area contributed by atoms with Crippen LogP contribution in [0.15, 0.2) is 422 Å². The number of ether oxygens (including phenoxy) is 6. The number of hydrogen-bond acceptors (Lipinski definition) is 19. The maximum Gasteiger partial charge on any atom is 0.505 e. The number of aldehydes is 2. The number of carbonyl (C=O) groups is 7. The summed E-state index contributed by atoms with van der Waals surface area (Å²) in [4.78, 5) is 83.7. The molecule has 0 atom stereocenters. The summed E-state index contributed by atoms with van der Waals surface area (Å²) in [6, 6.07) is 134. The first kappa shape index (κ1) is 116. The van der Waals surface area contributed by atoms with Gasteiger partial charge in [0.15, 0.2) is 12.6 Å². The van der Waals surface area contributed by atoms with E-state index in [1.165, 1.54) is 12.1 Å². The Morgan fingerprint density at radius 1 is 0.367 bits per heavy atom. The first-order valence-electron chi connectivity index (χ1n) is 47.8. The van der Waals surface area contributed by atoms with Gasteiger partial charge in [-0.1, -0.05) is 315 Å². The van der Waals surface area contributed by atoms with E-state index < -0.39 is 35.7 Å². The lowest BCUT2D eigenvalue weighted by atomic mass is 9.93. The van der Waals surface area contributed by atoms with Crippen molar-refractivity contribution in [2.24, 2.45) is 5.41 Å². The smallest absolute Gasteiger partial charge is 0.493 e. The van der Waals surface area contributed by atoms with E-state index in [1.54, 1.807) is 48.5 Å². The van der Waals surface area contributed by atoms with E-state index in [-0.39, 0.29) is 49.5 Å². The van der Waals surface area contributed by atoms with Gasteiger partial charge in [-0.15, -0.1) is 0 Å². The molecule has 0 spiro atoms. The summed E-state index contributed by atoms with van der Waals surface area (Å²) in [6.07, 6.45) is 13.5. The molecule has 762 valence electrons. The number of carboxylic acids is 2. The lowest BCUT2D eigenvalue weighted by Gasteiger charge is -2.25. The van der Waals surface area contributed by atoms with E-state index in [0.29, 0.717) is 54.1 Å². The standard InChI is InChI=1S/C35H35NO4.C33H26N2O6.C20H17N.C15H19BrO4.C12H11N.C8H7Br.C3H3NO2/c1-35(2,3)25-34(38)40-23-22-39-33-24-28(16-19-29(33)26-37)15-14-27-17-20-32(21-18-27)36(30-10-6-4-7-11-30)31-12-8-5-9-13-31;34-23-27(32(36)37)22-26-16-13-25(21-31(26)40-19-20-41-33(38)39)12-11-24-14-17-30(18-15-24)35(28-7-3-1-4-8-28)29-9-5-2-6-10-29;1-2-17-13-15-20(16-14-17)21(18-9-5-3-6-10-18)19-11-7-4-8-12-19;1-15(2,3)20-14(18)5-4-8-19-13-9-12(16)7-6-11(13)10-17;1-3-7-11(8-4-1)13-12-9-5-2-6-10-12;1-2-7-3-5-8(9)6-4-7;4-2-1-3(5)6/h4-21,24,26H,22-23,25H2,1-3H3;1-18,21-22H,19-20H2,(H,36,37)(H,38,39);2-16H,1H2;6-7,9-10H,4-5,8H2,1-3H3;1-10,13H;2-6H,1H2;1H2,(H,5,6)/b15-14+;12-11+,27-22-;;;;;. The van der Waals surface area contributed by atoms with Crippen molar-refractivity contribution in [3.63, 3.8) is 0 Å². The predicted molar refractivity (Wildman–Crippen MR) is 609 cm³/mol. The van der Waals surface area contributed by atoms with Crippen LogP contribution in [0.4, 0.5) is 67.4 Å². The van der Waals surface area contributed by atoms with Crippen LogP contribution in [0.25, 0.3) is 42.5 Å². The molecule has 0 saturated carbocycles. The molecular formula is C126H118Br2N6O16. The number of carbonyl (C=O) groups excluding carboxylic acids is 4. The van der Waals surface area contributed by atoms with Crippen LogP contribution in [0.2, 0.25) is 0 Å². The highest BCUT2D eigenvalue weighted by Crippen LogP contribution is 2.39. The van der Waals surface area contributed by atoms with Crippen LogP contribution in [-0.2, 0) is 33.4 Å². The SMILES string of the molecule is C=Cc1ccc(Br)cc1.C=Cc1ccc(N(c2ccccc2)c2ccccc2)cc1.CC(C)(C)CC(=O)OCCOc1cc(/C=C/c2ccc(N(c3ccccc3)c3ccccc3)cc2)ccc1C=O.CC(C)(C)OC(=O)CCCOc1cc(Br)ccc1C=O.N#C/C(=C/c1ccc(/C=C/c2ccc(N(c3ccccc3)c3ccccc3)cc2)cc1OCCOC(=O)O)C(=O)O.N#CCC(=O)O.c1ccc(Nc2ccccc2)cc1. The molecule has 4 N–H and O–H groups in total. The summed E-state index contributed by atoms with van der Waals surface area (Å²) in [5, 5.41) is 45.6. The molecular weight excluding hydrogens is 2010 g/mol. The van der Waals surface area contributed by atoms with E-state index in [4.69, 9.17) is 44.4 Å². The number of anilines is 11. The van der Waals surface area contributed by atoms with Crippen LogP contribution in [0.3, 0.4) is 0 Å². The molecule has 24 heteroatoms. The number of carboxylic acid groups (broad SMARTS) is 3. The van der Waals surface area contributed by atoms with Gasteiger partial charge in [0, 0.05) is 83.5 Å². The quantitative estimate of drug-likeness (QED) is 0.00539. The molecule has 0 bridgehead atoms. The van der Waals surface area contributed by atoms with Gasteiger partial charge in [-0.3, -0.25) is 24.0 Å². The zero-order valence-electron chi connectivity index (χ0n) is 84.1. The number of esters is 2. The summed E-state index contributed by atoms with van der Waals surface area (Å²) >= 11 is 6.66. The summed E-state index contributed by atoms with van der Waals surface area (Å²) in [6.45, 7) is 19.3. The zero-order valence-corrected chi connectivity index (χ0v) is 87.3. The monoisotopic (exact) mass is 2130 g/mol. The average Bonchev–Trinajstić information content (AvgIpc) is 0.817. The second-order valence-electron chi connectivity index (χ2n) is 34.8. The van der Waals surface area contributed by atoms with Gasteiger partial charge in [-0.25, -0.2) is 9.59 Å². The molecule has 15 rings (SSSR count). The van der Waals surface area contributed by atoms with Crippen molar-refractivity contribution in [1.29, 1.82) is 10.5 Å². The van der Waals surface area contributed by atoms with Gasteiger partial charge in [0.2, 0.25) is 0 Å². The normalized spacial score (nSPS) is 10.5. The number of halogens is 2. The van der Waals surface area contributed by atoms with Crippen molar-refractivity contribution in [3.05, 3.63) is 472 Å². The molecule has 0 aliphatic heterocycles. The van der Waals surface area contributed by atoms with Crippen molar-refractivity contribution < 1.29 is 77.3 Å². The summed E-state index contributed by atoms with van der Waals surface area (Å²) < 4.78 is 33.8. The fourth-order valence-corrected chi connectivity index (χ4v) is 14.6. The molecule has 0 fully saturated rings. The van der Waals surface area contributed by atoms with Crippen LogP contribution in [-0.4, -0.2) is 96.6 Å². The molecule has 22 nitrogen and oxygen atoms in total. The zero-order chi connectivity index (χ0) is 108. The number of nitriles is 2. The van der Waals surface area contributed by atoms with Crippen molar-refractivity contribution in [2.75, 3.05) is 53.1 Å². The van der Waals surface area contributed by atoms with Crippen molar-refractivity contribution in [3.8, 4) is 29.4 Å². The molecule has 0 aromatic heterocycles. The largest absolute Gasteiger partial charge is 0.505 e. The first-order valence-corrected chi connectivity index (χ1v) is 49.4. The highest BCUT2D eigenvalue weighted by molar-refractivity contribution is 9.10. The van der Waals surface area contributed by atoms with Crippen LogP contribution in [0.5, 0.6) is 17.2 Å². The minimum Gasteiger partial charge on any atom is -0.493 e. The predicted octanol–water partition coefficient (Wildman–Crippen LogP) is 32.0. The third kappa shape index (κ3) is 42.0. The Kier molecular flexibility index (Phi) is 48.3. The number of para-hydroxylation sites is 8.